The van der Waals surface area contributed by atoms with Crippen LogP contribution in [0.15, 0.2) is 12.1 Å². The number of aryl methyl sites for hydroxylation is 1. The summed E-state index contributed by atoms with van der Waals surface area (Å²) < 4.78 is 0. The Kier molecular flexibility index (Phi) is 3.12. The zero-order chi connectivity index (χ0) is 16.4. The Labute approximate surface area is 136 Å². The van der Waals surface area contributed by atoms with Gasteiger partial charge in [0.25, 0.3) is 0 Å². The predicted molar refractivity (Wildman–Crippen MR) is 87.1 cm³/mol. The summed E-state index contributed by atoms with van der Waals surface area (Å²) in [6, 6.07) is 3.53. The molecule has 2 fully saturated rings. The lowest BCUT2D eigenvalue weighted by Gasteiger charge is -2.49. The number of rotatable bonds is 0. The van der Waals surface area contributed by atoms with E-state index in [1.165, 1.54) is 5.56 Å². The molecule has 4 rings (SSSR count). The largest absolute Gasteiger partial charge is 0.508 e. The Hall–Kier alpha value is -1.79. The number of aliphatic hydroxyl groups is 1. The molecule has 0 saturated heterocycles. The van der Waals surface area contributed by atoms with Gasteiger partial charge in [0.05, 0.1) is 0 Å². The SMILES string of the molecule is C#Cc1cc(O)cc2c1[C@H]1CC[C@]3(C)[C@H](O)C(=O)C[C@H]3[C@@H]1CC2. The number of hydrogen-bond acceptors (Lipinski definition) is 3. The van der Waals surface area contributed by atoms with E-state index in [2.05, 4.69) is 12.8 Å². The highest BCUT2D eigenvalue weighted by atomic mass is 16.3. The Bertz CT molecular complexity index is 729. The van der Waals surface area contributed by atoms with Crippen molar-refractivity contribution in [2.75, 3.05) is 0 Å². The van der Waals surface area contributed by atoms with Crippen molar-refractivity contribution in [3.05, 3.63) is 28.8 Å². The molecule has 0 spiro atoms. The number of aliphatic hydroxyl groups excluding tert-OH is 1. The van der Waals surface area contributed by atoms with E-state index < -0.39 is 6.10 Å². The number of hydrogen-bond donors (Lipinski definition) is 2. The molecule has 2 N–H and O–H groups in total. The molecule has 3 heteroatoms. The molecular weight excluding hydrogens is 288 g/mol. The Balaban J connectivity index is 1.79. The Morgan fingerprint density at radius 2 is 2.13 bits per heavy atom. The van der Waals surface area contributed by atoms with E-state index in [1.807, 2.05) is 6.07 Å². The first kappa shape index (κ1) is 14.8. The van der Waals surface area contributed by atoms with Gasteiger partial charge < -0.3 is 10.2 Å². The summed E-state index contributed by atoms with van der Waals surface area (Å²) in [6.45, 7) is 2.08. The van der Waals surface area contributed by atoms with E-state index in [9.17, 15) is 15.0 Å². The summed E-state index contributed by atoms with van der Waals surface area (Å²) in [5.74, 6) is 3.98. The highest BCUT2D eigenvalue weighted by Gasteiger charge is 2.58. The van der Waals surface area contributed by atoms with Crippen molar-refractivity contribution in [3.63, 3.8) is 0 Å². The molecule has 3 aliphatic rings. The molecule has 120 valence electrons. The van der Waals surface area contributed by atoms with Gasteiger partial charge in [-0.05, 0) is 66.7 Å². The standard InChI is InChI=1S/C20H22O3/c1-3-11-8-13(21)9-12-4-5-14-15(18(11)12)6-7-20(2)16(14)10-17(22)19(20)23/h1,8-9,14-16,19,21,23H,4-7,10H2,2H3/t14-,15+,16+,19-,20+/m1/s1. The van der Waals surface area contributed by atoms with E-state index in [0.717, 1.165) is 36.8 Å². The molecule has 0 amide bonds. The van der Waals surface area contributed by atoms with Crippen LogP contribution in [0, 0.1) is 29.6 Å². The lowest BCUT2D eigenvalue weighted by molar-refractivity contribution is -0.128. The number of fused-ring (bicyclic) bond motifs is 5. The quantitative estimate of drug-likeness (QED) is 0.725. The number of benzene rings is 1. The monoisotopic (exact) mass is 310 g/mol. The van der Waals surface area contributed by atoms with Crippen molar-refractivity contribution in [2.24, 2.45) is 17.3 Å². The van der Waals surface area contributed by atoms with Gasteiger partial charge in [-0.3, -0.25) is 4.79 Å². The maximum atomic E-state index is 12.1. The topological polar surface area (TPSA) is 57.5 Å². The molecule has 23 heavy (non-hydrogen) atoms. The Morgan fingerprint density at radius 3 is 2.87 bits per heavy atom. The molecule has 0 aromatic heterocycles. The highest BCUT2D eigenvalue weighted by Crippen LogP contribution is 2.60. The molecule has 0 heterocycles. The highest BCUT2D eigenvalue weighted by molar-refractivity contribution is 5.86. The second-order valence-corrected chi connectivity index (χ2v) is 7.74. The minimum absolute atomic E-state index is 0.00632. The van der Waals surface area contributed by atoms with Crippen molar-refractivity contribution >= 4 is 5.78 Å². The zero-order valence-corrected chi connectivity index (χ0v) is 13.4. The van der Waals surface area contributed by atoms with Crippen LogP contribution < -0.4 is 0 Å². The second kappa shape index (κ2) is 4.85. The van der Waals surface area contributed by atoms with Crippen LogP contribution in [-0.2, 0) is 11.2 Å². The van der Waals surface area contributed by atoms with Gasteiger partial charge in [0.2, 0.25) is 0 Å². The Morgan fingerprint density at radius 1 is 1.35 bits per heavy atom. The maximum Gasteiger partial charge on any atom is 0.162 e. The molecule has 1 aromatic carbocycles. The molecule has 0 bridgehead atoms. The van der Waals surface area contributed by atoms with Gasteiger partial charge in [-0.25, -0.2) is 0 Å². The predicted octanol–water partition coefficient (Wildman–Crippen LogP) is 2.77. The molecular formula is C20H22O3. The minimum Gasteiger partial charge on any atom is -0.508 e. The van der Waals surface area contributed by atoms with Crippen LogP contribution in [0.25, 0.3) is 0 Å². The molecule has 3 aliphatic carbocycles. The van der Waals surface area contributed by atoms with Crippen molar-refractivity contribution in [2.45, 2.75) is 51.0 Å². The first-order chi connectivity index (χ1) is 11.0. The number of phenolic OH excluding ortho intramolecular Hbond substituents is 1. The average molecular weight is 310 g/mol. The number of terminal acetylenes is 1. The van der Waals surface area contributed by atoms with Crippen molar-refractivity contribution in [1.29, 1.82) is 0 Å². The van der Waals surface area contributed by atoms with Crippen LogP contribution in [0.5, 0.6) is 5.75 Å². The third kappa shape index (κ3) is 1.91. The van der Waals surface area contributed by atoms with Crippen LogP contribution in [0.2, 0.25) is 0 Å². The van der Waals surface area contributed by atoms with Gasteiger partial charge >= 0.3 is 0 Å². The first-order valence-corrected chi connectivity index (χ1v) is 8.49. The van der Waals surface area contributed by atoms with Crippen LogP contribution >= 0.6 is 0 Å². The summed E-state index contributed by atoms with van der Waals surface area (Å²) in [4.78, 5) is 12.1. The van der Waals surface area contributed by atoms with Crippen LogP contribution in [0.1, 0.15) is 55.2 Å². The molecule has 1 aromatic rings. The summed E-state index contributed by atoms with van der Waals surface area (Å²) in [7, 11) is 0. The summed E-state index contributed by atoms with van der Waals surface area (Å²) in [6.07, 6.45) is 9.08. The van der Waals surface area contributed by atoms with Gasteiger partial charge in [0.1, 0.15) is 11.9 Å². The van der Waals surface area contributed by atoms with Gasteiger partial charge in [-0.2, -0.15) is 0 Å². The van der Waals surface area contributed by atoms with E-state index in [-0.39, 0.29) is 22.9 Å². The average Bonchev–Trinajstić information content (AvgIpc) is 2.77. The fourth-order valence-corrected chi connectivity index (χ4v) is 5.60. The molecule has 3 nitrogen and oxygen atoms in total. The smallest absolute Gasteiger partial charge is 0.162 e. The van der Waals surface area contributed by atoms with Gasteiger partial charge in [-0.1, -0.05) is 12.8 Å². The number of carbonyl (C=O) groups is 1. The summed E-state index contributed by atoms with van der Waals surface area (Å²) in [5, 5.41) is 20.2. The van der Waals surface area contributed by atoms with Crippen molar-refractivity contribution in [1.82, 2.24) is 0 Å². The van der Waals surface area contributed by atoms with E-state index >= 15 is 0 Å². The van der Waals surface area contributed by atoms with Gasteiger partial charge in [-0.15, -0.1) is 6.42 Å². The minimum atomic E-state index is -0.804. The van der Waals surface area contributed by atoms with E-state index in [1.54, 1.807) is 6.07 Å². The molecule has 5 atom stereocenters. The molecule has 0 radical (unpaired) electrons. The third-order valence-corrected chi connectivity index (χ3v) is 6.75. The van der Waals surface area contributed by atoms with E-state index in [0.29, 0.717) is 18.3 Å². The fourth-order valence-electron chi connectivity index (χ4n) is 5.60. The van der Waals surface area contributed by atoms with Gasteiger partial charge in [0.15, 0.2) is 5.78 Å². The first-order valence-electron chi connectivity index (χ1n) is 8.49. The number of carbonyl (C=O) groups excluding carboxylic acids is 1. The summed E-state index contributed by atoms with van der Waals surface area (Å²) >= 11 is 0. The van der Waals surface area contributed by atoms with Crippen LogP contribution in [0.4, 0.5) is 0 Å². The zero-order valence-electron chi connectivity index (χ0n) is 13.4. The number of Topliss-reactive ketones (excluding diaryl/α,β-unsaturated/α-hetero) is 1. The fraction of sp³-hybridized carbons (Fsp3) is 0.550. The molecule has 0 aliphatic heterocycles. The molecule has 0 unspecified atom stereocenters. The number of aromatic hydroxyl groups is 1. The third-order valence-electron chi connectivity index (χ3n) is 6.75. The molecule has 2 saturated carbocycles. The lowest BCUT2D eigenvalue weighted by atomic mass is 9.55. The van der Waals surface area contributed by atoms with E-state index in [4.69, 9.17) is 6.42 Å². The summed E-state index contributed by atoms with van der Waals surface area (Å²) in [5.41, 5.74) is 2.89. The van der Waals surface area contributed by atoms with Crippen LogP contribution in [-0.4, -0.2) is 22.1 Å². The maximum absolute atomic E-state index is 12.1. The van der Waals surface area contributed by atoms with Crippen LogP contribution in [0.3, 0.4) is 0 Å². The number of phenols is 1. The van der Waals surface area contributed by atoms with Crippen molar-refractivity contribution in [3.8, 4) is 18.1 Å². The normalized spacial score (nSPS) is 38.4. The lowest BCUT2D eigenvalue weighted by Crippen LogP contribution is -2.44. The number of ketones is 1. The van der Waals surface area contributed by atoms with Gasteiger partial charge in [0, 0.05) is 17.4 Å². The second-order valence-electron chi connectivity index (χ2n) is 7.74. The van der Waals surface area contributed by atoms with Crippen molar-refractivity contribution < 1.29 is 15.0 Å².